The predicted octanol–water partition coefficient (Wildman–Crippen LogP) is 1.73. The number of nitrogens with two attached hydrogens (primary N) is 1. The summed E-state index contributed by atoms with van der Waals surface area (Å²) in [4.78, 5) is 4.25. The summed E-state index contributed by atoms with van der Waals surface area (Å²) < 4.78 is 10.4. The first kappa shape index (κ1) is 11.8. The van der Waals surface area contributed by atoms with E-state index in [9.17, 15) is 0 Å². The summed E-state index contributed by atoms with van der Waals surface area (Å²) in [6.07, 6.45) is 0. The predicted molar refractivity (Wildman–Crippen MR) is 63.0 cm³/mol. The topological polar surface area (TPSA) is 74.2 Å². The third-order valence-corrected chi connectivity index (χ3v) is 2.31. The molecule has 0 unspecified atom stereocenters. The van der Waals surface area contributed by atoms with Crippen LogP contribution in [0.5, 0.6) is 0 Å². The first-order chi connectivity index (χ1) is 8.33. The first-order valence-electron chi connectivity index (χ1n) is 5.53. The van der Waals surface area contributed by atoms with Crippen LogP contribution >= 0.6 is 0 Å². The minimum Gasteiger partial charge on any atom is -0.374 e. The lowest BCUT2D eigenvalue weighted by atomic mass is 10.1. The van der Waals surface area contributed by atoms with E-state index in [0.717, 1.165) is 11.1 Å². The van der Waals surface area contributed by atoms with Crippen LogP contribution in [0.3, 0.4) is 0 Å². The maximum absolute atomic E-state index is 5.58. The second kappa shape index (κ2) is 5.56. The van der Waals surface area contributed by atoms with Gasteiger partial charge in [-0.15, -0.1) is 0 Å². The molecule has 90 valence electrons. The van der Waals surface area contributed by atoms with E-state index in [0.29, 0.717) is 31.5 Å². The zero-order chi connectivity index (χ0) is 12.1. The molecule has 0 aliphatic heterocycles. The number of hydrogen-bond acceptors (Lipinski definition) is 5. The van der Waals surface area contributed by atoms with Crippen molar-refractivity contribution in [2.45, 2.75) is 20.1 Å². The molecule has 0 fully saturated rings. The van der Waals surface area contributed by atoms with Gasteiger partial charge in [-0.2, -0.15) is 4.98 Å². The maximum atomic E-state index is 5.58. The van der Waals surface area contributed by atoms with E-state index in [4.69, 9.17) is 15.0 Å². The second-order valence-corrected chi connectivity index (χ2v) is 3.56. The minimum absolute atomic E-state index is 0.372. The molecule has 2 N–H and O–H groups in total. The number of ether oxygens (including phenoxy) is 1. The molecule has 1 aromatic carbocycles. The number of hydrogen-bond donors (Lipinski definition) is 1. The smallest absolute Gasteiger partial charge is 0.258 e. The molecule has 17 heavy (non-hydrogen) atoms. The molecular weight excluding hydrogens is 218 g/mol. The van der Waals surface area contributed by atoms with Crippen LogP contribution < -0.4 is 5.73 Å². The third-order valence-electron chi connectivity index (χ3n) is 2.31. The van der Waals surface area contributed by atoms with Gasteiger partial charge in [0.1, 0.15) is 6.61 Å². The van der Waals surface area contributed by atoms with Crippen molar-refractivity contribution in [1.29, 1.82) is 0 Å². The molecule has 5 heteroatoms. The van der Waals surface area contributed by atoms with Crippen molar-refractivity contribution in [2.75, 3.05) is 6.61 Å². The average molecular weight is 233 g/mol. The van der Waals surface area contributed by atoms with E-state index >= 15 is 0 Å². The summed E-state index contributed by atoms with van der Waals surface area (Å²) in [7, 11) is 0. The van der Waals surface area contributed by atoms with Gasteiger partial charge in [0.05, 0.1) is 0 Å². The van der Waals surface area contributed by atoms with E-state index in [1.807, 2.05) is 31.2 Å². The van der Waals surface area contributed by atoms with E-state index in [1.165, 1.54) is 0 Å². The summed E-state index contributed by atoms with van der Waals surface area (Å²) in [6.45, 7) is 3.42. The molecule has 2 aromatic rings. The van der Waals surface area contributed by atoms with Gasteiger partial charge in [-0.05, 0) is 24.6 Å². The van der Waals surface area contributed by atoms with Crippen LogP contribution in [-0.2, 0) is 17.9 Å². The lowest BCUT2D eigenvalue weighted by Crippen LogP contribution is -1.96. The molecule has 0 aliphatic carbocycles. The maximum Gasteiger partial charge on any atom is 0.258 e. The normalized spacial score (nSPS) is 10.7. The van der Waals surface area contributed by atoms with Crippen molar-refractivity contribution in [3.8, 4) is 11.5 Å². The molecule has 0 saturated heterocycles. The van der Waals surface area contributed by atoms with Crippen molar-refractivity contribution < 1.29 is 9.26 Å². The number of rotatable bonds is 5. The van der Waals surface area contributed by atoms with Crippen LogP contribution in [0.15, 0.2) is 28.8 Å². The monoisotopic (exact) mass is 233 g/mol. The fraction of sp³-hybridized carbons (Fsp3) is 0.333. The Morgan fingerprint density at radius 2 is 2.29 bits per heavy atom. The highest BCUT2D eigenvalue weighted by atomic mass is 16.5. The van der Waals surface area contributed by atoms with E-state index in [-0.39, 0.29) is 0 Å². The van der Waals surface area contributed by atoms with Crippen molar-refractivity contribution in [3.05, 3.63) is 35.7 Å². The molecule has 0 atom stereocenters. The standard InChI is InChI=1S/C12H15N3O2/c1-2-16-8-11-14-12(17-15-11)10-5-3-4-9(6-10)7-13/h3-6H,2,7-8,13H2,1H3. The highest BCUT2D eigenvalue weighted by molar-refractivity contribution is 5.53. The Bertz CT molecular complexity index is 482. The fourth-order valence-electron chi connectivity index (χ4n) is 1.45. The van der Waals surface area contributed by atoms with Gasteiger partial charge in [-0.1, -0.05) is 17.3 Å². The molecule has 0 spiro atoms. The van der Waals surface area contributed by atoms with Crippen LogP contribution in [0, 0.1) is 0 Å². The van der Waals surface area contributed by atoms with Crippen LogP contribution in [-0.4, -0.2) is 16.7 Å². The number of aromatic nitrogens is 2. The van der Waals surface area contributed by atoms with Crippen molar-refractivity contribution in [1.82, 2.24) is 10.1 Å². The van der Waals surface area contributed by atoms with Gasteiger partial charge in [0.25, 0.3) is 5.89 Å². The van der Waals surface area contributed by atoms with Crippen LogP contribution in [0.25, 0.3) is 11.5 Å². The molecule has 0 radical (unpaired) electrons. The second-order valence-electron chi connectivity index (χ2n) is 3.56. The average Bonchev–Trinajstić information content (AvgIpc) is 2.85. The Kier molecular flexibility index (Phi) is 3.85. The van der Waals surface area contributed by atoms with Gasteiger partial charge in [0.2, 0.25) is 0 Å². The molecule has 1 heterocycles. The number of benzene rings is 1. The molecule has 0 bridgehead atoms. The van der Waals surface area contributed by atoms with Gasteiger partial charge < -0.3 is 15.0 Å². The molecule has 1 aromatic heterocycles. The van der Waals surface area contributed by atoms with Gasteiger partial charge >= 0.3 is 0 Å². The third kappa shape index (κ3) is 2.89. The minimum atomic E-state index is 0.372. The largest absolute Gasteiger partial charge is 0.374 e. The van der Waals surface area contributed by atoms with Gasteiger partial charge in [-0.3, -0.25) is 0 Å². The van der Waals surface area contributed by atoms with Crippen molar-refractivity contribution in [3.63, 3.8) is 0 Å². The Morgan fingerprint density at radius 1 is 1.41 bits per heavy atom. The Morgan fingerprint density at radius 3 is 3.06 bits per heavy atom. The summed E-state index contributed by atoms with van der Waals surface area (Å²) in [5.41, 5.74) is 7.49. The van der Waals surface area contributed by atoms with E-state index < -0.39 is 0 Å². The quantitative estimate of drug-likeness (QED) is 0.851. The summed E-state index contributed by atoms with van der Waals surface area (Å²) >= 11 is 0. The summed E-state index contributed by atoms with van der Waals surface area (Å²) in [5, 5.41) is 3.84. The lowest BCUT2D eigenvalue weighted by Gasteiger charge is -1.98. The van der Waals surface area contributed by atoms with Crippen LogP contribution in [0.4, 0.5) is 0 Å². The molecule has 5 nitrogen and oxygen atoms in total. The van der Waals surface area contributed by atoms with Crippen molar-refractivity contribution >= 4 is 0 Å². The SMILES string of the molecule is CCOCc1noc(-c2cccc(CN)c2)n1. The Labute approximate surface area is 99.6 Å². The summed E-state index contributed by atoms with van der Waals surface area (Å²) in [6, 6.07) is 7.74. The molecule has 0 aliphatic rings. The molecule has 0 saturated carbocycles. The van der Waals surface area contributed by atoms with E-state index in [2.05, 4.69) is 10.1 Å². The number of nitrogens with zero attached hydrogens (tertiary/aromatic N) is 2. The Balaban J connectivity index is 2.18. The zero-order valence-corrected chi connectivity index (χ0v) is 9.72. The van der Waals surface area contributed by atoms with Gasteiger partial charge in [0, 0.05) is 18.7 Å². The first-order valence-corrected chi connectivity index (χ1v) is 5.53. The zero-order valence-electron chi connectivity index (χ0n) is 9.72. The molecule has 0 amide bonds. The summed E-state index contributed by atoms with van der Waals surface area (Å²) in [5.74, 6) is 1.05. The molecular formula is C12H15N3O2. The highest BCUT2D eigenvalue weighted by Gasteiger charge is 2.08. The lowest BCUT2D eigenvalue weighted by molar-refractivity contribution is 0.126. The van der Waals surface area contributed by atoms with Gasteiger partial charge in [-0.25, -0.2) is 0 Å². The van der Waals surface area contributed by atoms with Crippen LogP contribution in [0.1, 0.15) is 18.3 Å². The fourth-order valence-corrected chi connectivity index (χ4v) is 1.45. The van der Waals surface area contributed by atoms with Gasteiger partial charge in [0.15, 0.2) is 5.82 Å². The Hall–Kier alpha value is -1.72. The van der Waals surface area contributed by atoms with Crippen LogP contribution in [0.2, 0.25) is 0 Å². The molecule has 2 rings (SSSR count). The highest BCUT2D eigenvalue weighted by Crippen LogP contribution is 2.18. The van der Waals surface area contributed by atoms with E-state index in [1.54, 1.807) is 0 Å². The van der Waals surface area contributed by atoms with Crippen molar-refractivity contribution in [2.24, 2.45) is 5.73 Å².